The molecule has 14 heavy (non-hydrogen) atoms. The predicted octanol–water partition coefficient (Wildman–Crippen LogP) is 0.852. The summed E-state index contributed by atoms with van der Waals surface area (Å²) < 4.78 is 0. The fraction of sp³-hybridized carbons (Fsp3) is 1.00. The van der Waals surface area contributed by atoms with E-state index in [1.54, 1.807) is 4.90 Å². The number of hydrogen-bond donors (Lipinski definition) is 2. The van der Waals surface area contributed by atoms with Crippen LogP contribution in [0.5, 0.6) is 0 Å². The molecule has 1 fully saturated rings. The molecule has 0 bridgehead atoms. The monoisotopic (exact) mass is 200 g/mol. The van der Waals surface area contributed by atoms with Crippen LogP contribution in [0.3, 0.4) is 0 Å². The van der Waals surface area contributed by atoms with Crippen molar-refractivity contribution in [1.82, 2.24) is 0 Å². The summed E-state index contributed by atoms with van der Waals surface area (Å²) in [6.45, 7) is 7.14. The van der Waals surface area contributed by atoms with Crippen molar-refractivity contribution in [3.63, 3.8) is 0 Å². The van der Waals surface area contributed by atoms with E-state index in [9.17, 15) is 0 Å². The van der Waals surface area contributed by atoms with Crippen molar-refractivity contribution in [3.8, 4) is 0 Å². The summed E-state index contributed by atoms with van der Waals surface area (Å²) in [5.74, 6) is 0.902. The van der Waals surface area contributed by atoms with Gasteiger partial charge in [0.25, 0.3) is 0 Å². The lowest BCUT2D eigenvalue weighted by molar-refractivity contribution is -0.927. The second kappa shape index (κ2) is 6.41. The maximum atomic E-state index is 9.04. The molecule has 0 aromatic carbocycles. The zero-order chi connectivity index (χ0) is 10.4. The molecule has 0 radical (unpaired) electrons. The van der Waals surface area contributed by atoms with Gasteiger partial charge in [0.1, 0.15) is 6.54 Å². The van der Waals surface area contributed by atoms with Crippen LogP contribution >= 0.6 is 0 Å². The van der Waals surface area contributed by atoms with E-state index in [4.69, 9.17) is 5.11 Å². The van der Waals surface area contributed by atoms with Crippen LogP contribution in [0.2, 0.25) is 0 Å². The Morgan fingerprint density at radius 1 is 1.29 bits per heavy atom. The molecule has 2 nitrogen and oxygen atoms in total. The van der Waals surface area contributed by atoms with E-state index in [1.807, 2.05) is 0 Å². The van der Waals surface area contributed by atoms with Crippen LogP contribution in [0.4, 0.5) is 0 Å². The Balaban J connectivity index is 2.39. The number of rotatable bonds is 5. The van der Waals surface area contributed by atoms with Gasteiger partial charge in [-0.2, -0.15) is 0 Å². The van der Waals surface area contributed by atoms with Crippen molar-refractivity contribution >= 4 is 0 Å². The molecule has 3 atom stereocenters. The van der Waals surface area contributed by atoms with Crippen LogP contribution in [-0.2, 0) is 0 Å². The van der Waals surface area contributed by atoms with Crippen molar-refractivity contribution in [2.45, 2.75) is 52.0 Å². The maximum Gasteiger partial charge on any atom is 0.101 e. The Hall–Kier alpha value is -0.0800. The zero-order valence-electron chi connectivity index (χ0n) is 9.76. The molecule has 1 saturated carbocycles. The van der Waals surface area contributed by atoms with Gasteiger partial charge in [-0.1, -0.05) is 20.3 Å². The highest BCUT2D eigenvalue weighted by Crippen LogP contribution is 2.21. The third-order valence-corrected chi connectivity index (χ3v) is 3.52. The smallest absolute Gasteiger partial charge is 0.101 e. The molecule has 1 unspecified atom stereocenters. The van der Waals surface area contributed by atoms with Crippen LogP contribution in [0, 0.1) is 5.92 Å². The van der Waals surface area contributed by atoms with Crippen LogP contribution in [0.25, 0.3) is 0 Å². The molecule has 2 N–H and O–H groups in total. The highest BCUT2D eigenvalue weighted by molar-refractivity contribution is 4.69. The molecule has 0 aromatic heterocycles. The third kappa shape index (κ3) is 3.58. The molecule has 0 saturated heterocycles. The van der Waals surface area contributed by atoms with E-state index in [0.29, 0.717) is 6.61 Å². The number of aliphatic hydroxyl groups is 1. The van der Waals surface area contributed by atoms with E-state index >= 15 is 0 Å². The van der Waals surface area contributed by atoms with Crippen molar-refractivity contribution in [1.29, 1.82) is 0 Å². The normalized spacial score (nSPS) is 30.2. The average Bonchev–Trinajstić information content (AvgIpc) is 2.17. The van der Waals surface area contributed by atoms with Gasteiger partial charge in [0, 0.05) is 6.42 Å². The first-order valence-corrected chi connectivity index (χ1v) is 6.23. The molecule has 1 aliphatic rings. The lowest BCUT2D eigenvalue weighted by Gasteiger charge is -2.33. The summed E-state index contributed by atoms with van der Waals surface area (Å²) in [7, 11) is 0. The summed E-state index contributed by atoms with van der Waals surface area (Å²) in [4.78, 5) is 1.64. The number of nitrogens with one attached hydrogen (secondary N) is 1. The largest absolute Gasteiger partial charge is 0.391 e. The molecular weight excluding hydrogens is 174 g/mol. The van der Waals surface area contributed by atoms with E-state index in [-0.39, 0.29) is 0 Å². The van der Waals surface area contributed by atoms with Gasteiger partial charge >= 0.3 is 0 Å². The van der Waals surface area contributed by atoms with Crippen molar-refractivity contribution in [2.24, 2.45) is 5.92 Å². The van der Waals surface area contributed by atoms with Gasteiger partial charge in [-0.25, -0.2) is 0 Å². The average molecular weight is 200 g/mol. The minimum Gasteiger partial charge on any atom is -0.391 e. The molecule has 1 aliphatic carbocycles. The first-order chi connectivity index (χ1) is 6.77. The molecule has 0 amide bonds. The highest BCUT2D eigenvalue weighted by Gasteiger charge is 2.26. The maximum absolute atomic E-state index is 9.04. The summed E-state index contributed by atoms with van der Waals surface area (Å²) in [6, 6.07) is 0.825. The van der Waals surface area contributed by atoms with E-state index in [1.165, 1.54) is 38.6 Å². The van der Waals surface area contributed by atoms with Crippen LogP contribution in [-0.4, -0.2) is 30.8 Å². The SMILES string of the molecule is CCC[NH+](CCO)[C@@H]1CCC[C@H](C)C1. The van der Waals surface area contributed by atoms with Crippen LogP contribution in [0.1, 0.15) is 46.0 Å². The Kier molecular flexibility index (Phi) is 5.49. The lowest BCUT2D eigenvalue weighted by Crippen LogP contribution is -3.16. The summed E-state index contributed by atoms with van der Waals surface area (Å²) in [6.07, 6.45) is 6.79. The Morgan fingerprint density at radius 2 is 2.07 bits per heavy atom. The van der Waals surface area contributed by atoms with Crippen LogP contribution < -0.4 is 4.90 Å². The molecule has 2 heteroatoms. The molecule has 0 aliphatic heterocycles. The molecular formula is C12H26NO+. The van der Waals surface area contributed by atoms with Gasteiger partial charge < -0.3 is 10.0 Å². The first kappa shape index (κ1) is 12.0. The van der Waals surface area contributed by atoms with Crippen molar-refractivity contribution in [3.05, 3.63) is 0 Å². The van der Waals surface area contributed by atoms with Gasteiger partial charge in [0.2, 0.25) is 0 Å². The fourth-order valence-corrected chi connectivity index (χ4v) is 2.80. The molecule has 0 aromatic rings. The Morgan fingerprint density at radius 3 is 2.64 bits per heavy atom. The number of quaternary nitrogens is 1. The molecule has 0 heterocycles. The van der Waals surface area contributed by atoms with Crippen LogP contribution in [0.15, 0.2) is 0 Å². The minimum atomic E-state index is 0.347. The first-order valence-electron chi connectivity index (χ1n) is 6.23. The molecule has 1 rings (SSSR count). The second-order valence-corrected chi connectivity index (χ2v) is 4.85. The van der Waals surface area contributed by atoms with Gasteiger partial charge in [0.15, 0.2) is 0 Å². The van der Waals surface area contributed by atoms with Crippen molar-refractivity contribution in [2.75, 3.05) is 19.7 Å². The third-order valence-electron chi connectivity index (χ3n) is 3.52. The molecule has 84 valence electrons. The van der Waals surface area contributed by atoms with Gasteiger partial charge in [-0.15, -0.1) is 0 Å². The van der Waals surface area contributed by atoms with E-state index in [2.05, 4.69) is 13.8 Å². The minimum absolute atomic E-state index is 0.347. The Bertz CT molecular complexity index is 141. The van der Waals surface area contributed by atoms with Gasteiger partial charge in [0.05, 0.1) is 19.2 Å². The topological polar surface area (TPSA) is 24.7 Å². The zero-order valence-corrected chi connectivity index (χ0v) is 9.76. The fourth-order valence-electron chi connectivity index (χ4n) is 2.80. The van der Waals surface area contributed by atoms with E-state index in [0.717, 1.165) is 18.5 Å². The number of aliphatic hydroxyl groups excluding tert-OH is 1. The Labute approximate surface area is 88.3 Å². The standard InChI is InChI=1S/C12H25NO/c1-3-7-13(8-9-14)12-6-4-5-11(2)10-12/h11-12,14H,3-10H2,1-2H3/p+1/t11-,12+/m0/s1. The van der Waals surface area contributed by atoms with Gasteiger partial charge in [-0.05, 0) is 25.2 Å². The quantitative estimate of drug-likeness (QED) is 0.676. The second-order valence-electron chi connectivity index (χ2n) is 4.85. The predicted molar refractivity (Wildman–Crippen MR) is 59.5 cm³/mol. The van der Waals surface area contributed by atoms with Gasteiger partial charge in [-0.3, -0.25) is 0 Å². The summed E-state index contributed by atoms with van der Waals surface area (Å²) >= 11 is 0. The molecule has 0 spiro atoms. The summed E-state index contributed by atoms with van der Waals surface area (Å²) in [5.41, 5.74) is 0. The lowest BCUT2D eigenvalue weighted by atomic mass is 9.86. The van der Waals surface area contributed by atoms with Crippen molar-refractivity contribution < 1.29 is 10.0 Å². The van der Waals surface area contributed by atoms with E-state index < -0.39 is 0 Å². The highest BCUT2D eigenvalue weighted by atomic mass is 16.3. The summed E-state index contributed by atoms with van der Waals surface area (Å²) in [5, 5.41) is 9.04. The number of hydrogen-bond acceptors (Lipinski definition) is 1.